The lowest BCUT2D eigenvalue weighted by Gasteiger charge is -1.78. The van der Waals surface area contributed by atoms with Gasteiger partial charge in [0.15, 0.2) is 0 Å². The van der Waals surface area contributed by atoms with E-state index < -0.39 is 11.7 Å². The zero-order valence-corrected chi connectivity index (χ0v) is 4.21. The van der Waals surface area contributed by atoms with Gasteiger partial charge < -0.3 is 0 Å². The molecule has 0 spiro atoms. The van der Waals surface area contributed by atoms with Gasteiger partial charge in [0.2, 0.25) is 0 Å². The minimum Gasteiger partial charge on any atom is -0.246 e. The molecule has 0 aliphatic carbocycles. The third-order valence-electron chi connectivity index (χ3n) is 0.839. The van der Waals surface area contributed by atoms with Crippen LogP contribution in [0.2, 0.25) is 0 Å². The van der Waals surface area contributed by atoms with E-state index in [1.54, 1.807) is 0 Å². The van der Waals surface area contributed by atoms with Gasteiger partial charge in [-0.1, -0.05) is 0 Å². The van der Waals surface area contributed by atoms with E-state index in [1.165, 1.54) is 7.05 Å². The molecule has 1 rings (SSSR count). The summed E-state index contributed by atoms with van der Waals surface area (Å²) in [6.45, 7) is 0. The number of H-pyrrole nitrogens is 1. The zero-order valence-electron chi connectivity index (χ0n) is 4.21. The van der Waals surface area contributed by atoms with Gasteiger partial charge in [0, 0.05) is 7.05 Å². The Balaban J connectivity index is 3.41. The van der Waals surface area contributed by atoms with Gasteiger partial charge >= 0.3 is 11.7 Å². The van der Waals surface area contributed by atoms with Crippen molar-refractivity contribution in [3.63, 3.8) is 0 Å². The van der Waals surface area contributed by atoms with Crippen molar-refractivity contribution >= 4 is 0 Å². The topological polar surface area (TPSA) is 70.6 Å². The van der Waals surface area contributed by atoms with Crippen LogP contribution in [-0.2, 0) is 12.2 Å². The Morgan fingerprint density at radius 3 is 2.50 bits per heavy atom. The van der Waals surface area contributed by atoms with E-state index in [-0.39, 0.29) is 0 Å². The molecule has 0 atom stereocenters. The van der Waals surface area contributed by atoms with E-state index in [4.69, 9.17) is 0 Å². The molecule has 0 aromatic carbocycles. The van der Waals surface area contributed by atoms with E-state index in [0.29, 0.717) is 0 Å². The molecule has 0 amide bonds. The van der Waals surface area contributed by atoms with Gasteiger partial charge in [0.25, 0.3) is 0 Å². The first kappa shape index (κ1) is 4.89. The zero-order chi connectivity index (χ0) is 6.15. The smallest absolute Gasteiger partial charge is 0.246 e. The molecule has 0 bridgehead atoms. The summed E-state index contributed by atoms with van der Waals surface area (Å²) >= 11 is 0. The Kier molecular flexibility index (Phi) is 0.831. The highest BCUT2D eigenvalue weighted by molar-refractivity contribution is 4.85. The molecule has 0 unspecified atom stereocenters. The third kappa shape index (κ3) is 0.481. The maximum atomic E-state index is 10.3. The predicted octanol–water partition coefficient (Wildman–Crippen LogP) is -0.748. The van der Waals surface area contributed by atoms with Crippen LogP contribution in [0.3, 0.4) is 0 Å². The van der Waals surface area contributed by atoms with E-state index >= 15 is 0 Å². The molecular weight excluding hydrogens is 110 g/mol. The van der Waals surface area contributed by atoms with E-state index in [9.17, 15) is 9.90 Å². The van der Waals surface area contributed by atoms with Gasteiger partial charge in [-0.05, 0) is 0 Å². The molecule has 5 nitrogen and oxygen atoms in total. The number of aromatic amines is 1. The minimum atomic E-state index is -0.546. The molecular formula is C3H4N3O2. The first-order chi connectivity index (χ1) is 3.72. The molecule has 1 heterocycles. The molecule has 0 saturated heterocycles. The van der Waals surface area contributed by atoms with E-state index in [2.05, 4.69) is 5.10 Å². The fourth-order valence-electron chi connectivity index (χ4n) is 0.333. The average molecular weight is 114 g/mol. The van der Waals surface area contributed by atoms with Crippen molar-refractivity contribution in [3.05, 3.63) is 10.5 Å². The van der Waals surface area contributed by atoms with Gasteiger partial charge in [0.1, 0.15) is 0 Å². The van der Waals surface area contributed by atoms with Gasteiger partial charge in [-0.2, -0.15) is 0 Å². The van der Waals surface area contributed by atoms with Crippen molar-refractivity contribution in [1.29, 1.82) is 0 Å². The molecule has 1 aromatic heterocycles. The molecule has 0 aliphatic rings. The van der Waals surface area contributed by atoms with Crippen LogP contribution in [0, 0.1) is 0 Å². The van der Waals surface area contributed by atoms with Crippen LogP contribution in [0.25, 0.3) is 0 Å². The molecule has 0 saturated carbocycles. The van der Waals surface area contributed by atoms with Crippen LogP contribution < -0.4 is 5.69 Å². The molecule has 1 radical (unpaired) electrons. The lowest BCUT2D eigenvalue weighted by atomic mass is 11.0. The number of nitrogens with zero attached hydrogens (tertiary/aromatic N) is 2. The molecule has 0 aliphatic heterocycles. The maximum absolute atomic E-state index is 10.3. The van der Waals surface area contributed by atoms with Gasteiger partial charge in [-0.3, -0.25) is 0 Å². The van der Waals surface area contributed by atoms with Gasteiger partial charge in [0.05, 0.1) is 0 Å². The van der Waals surface area contributed by atoms with Gasteiger partial charge in [-0.15, -0.1) is 5.10 Å². The Morgan fingerprint density at radius 1 is 1.75 bits per heavy atom. The van der Waals surface area contributed by atoms with E-state index in [1.807, 2.05) is 5.10 Å². The molecule has 5 heteroatoms. The quantitative estimate of drug-likeness (QED) is 0.482. The van der Waals surface area contributed by atoms with Crippen LogP contribution >= 0.6 is 0 Å². The number of hydrogen-bond donors (Lipinski definition) is 1. The monoisotopic (exact) mass is 114 g/mol. The Hall–Kier alpha value is -1.26. The fraction of sp³-hybridized carbons (Fsp3) is 0.333. The Labute approximate surface area is 44.6 Å². The second-order valence-electron chi connectivity index (χ2n) is 1.37. The second kappa shape index (κ2) is 1.36. The number of hydrogen-bond acceptors (Lipinski definition) is 2. The SMILES string of the molecule is Cn1c([O])n[nH]c1=O. The highest BCUT2D eigenvalue weighted by atomic mass is 16.3. The van der Waals surface area contributed by atoms with Crippen LogP contribution in [0.15, 0.2) is 4.79 Å². The van der Waals surface area contributed by atoms with Gasteiger partial charge in [-0.25, -0.2) is 19.6 Å². The first-order valence-electron chi connectivity index (χ1n) is 2.00. The highest BCUT2D eigenvalue weighted by Gasteiger charge is 1.99. The molecule has 1 aromatic rings. The summed E-state index contributed by atoms with van der Waals surface area (Å²) in [7, 11) is 1.36. The Morgan fingerprint density at radius 2 is 2.38 bits per heavy atom. The number of rotatable bonds is 0. The number of aromatic nitrogens is 3. The van der Waals surface area contributed by atoms with Crippen LogP contribution in [0.5, 0.6) is 6.01 Å². The van der Waals surface area contributed by atoms with Crippen molar-refractivity contribution in [1.82, 2.24) is 14.8 Å². The normalized spacial score (nSPS) is 9.62. The summed E-state index contributed by atoms with van der Waals surface area (Å²) in [4.78, 5) is 10.3. The van der Waals surface area contributed by atoms with Crippen molar-refractivity contribution in [3.8, 4) is 6.01 Å². The highest BCUT2D eigenvalue weighted by Crippen LogP contribution is 1.91. The van der Waals surface area contributed by atoms with Crippen molar-refractivity contribution in [2.24, 2.45) is 7.05 Å². The summed E-state index contributed by atoms with van der Waals surface area (Å²) in [5, 5.41) is 15.3. The predicted molar refractivity (Wildman–Crippen MR) is 24.0 cm³/mol. The number of nitrogens with one attached hydrogen (secondary N) is 1. The maximum Gasteiger partial charge on any atom is 0.368 e. The van der Waals surface area contributed by atoms with Crippen LogP contribution in [0.4, 0.5) is 0 Å². The first-order valence-corrected chi connectivity index (χ1v) is 2.00. The summed E-state index contributed by atoms with van der Waals surface area (Å²) in [5.41, 5.74) is -0.477. The summed E-state index contributed by atoms with van der Waals surface area (Å²) < 4.78 is 0.889. The van der Waals surface area contributed by atoms with Crippen LogP contribution in [-0.4, -0.2) is 14.8 Å². The fourth-order valence-corrected chi connectivity index (χ4v) is 0.333. The second-order valence-corrected chi connectivity index (χ2v) is 1.37. The molecule has 8 heavy (non-hydrogen) atoms. The lowest BCUT2D eigenvalue weighted by Crippen LogP contribution is -2.11. The van der Waals surface area contributed by atoms with Crippen LogP contribution in [0.1, 0.15) is 0 Å². The molecule has 0 fully saturated rings. The lowest BCUT2D eigenvalue weighted by molar-refractivity contribution is 0.303. The Bertz CT molecular complexity index is 235. The third-order valence-corrected chi connectivity index (χ3v) is 0.839. The molecule has 1 N–H and O–H groups in total. The molecule has 43 valence electrons. The van der Waals surface area contributed by atoms with E-state index in [0.717, 1.165) is 4.57 Å². The van der Waals surface area contributed by atoms with Crippen molar-refractivity contribution < 1.29 is 5.11 Å². The summed E-state index contributed by atoms with van der Waals surface area (Å²) in [6, 6.07) is -0.546. The largest absolute Gasteiger partial charge is 0.368 e. The average Bonchev–Trinajstić information content (AvgIpc) is 1.98. The van der Waals surface area contributed by atoms with Crippen molar-refractivity contribution in [2.75, 3.05) is 0 Å². The minimum absolute atomic E-state index is 0.477. The summed E-state index contributed by atoms with van der Waals surface area (Å²) in [5.74, 6) is 0. The standard InChI is InChI=1S/C3H4N3O2/c1-6-2(7)4-5-3(6)8/h1H3,(H,4,7). The summed E-state index contributed by atoms with van der Waals surface area (Å²) in [6.07, 6.45) is 0. The van der Waals surface area contributed by atoms with Crippen molar-refractivity contribution in [2.45, 2.75) is 0 Å².